The van der Waals surface area contributed by atoms with E-state index in [1.807, 2.05) is 31.4 Å². The molecule has 1 aromatic carbocycles. The van der Waals surface area contributed by atoms with Crippen LogP contribution in [-0.4, -0.2) is 34.6 Å². The molecule has 2 amide bonds. The Bertz CT molecular complexity index is 908. The normalized spacial score (nSPS) is 18.4. The van der Waals surface area contributed by atoms with Gasteiger partial charge in [-0.25, -0.2) is 0 Å². The number of amidine groups is 1. The summed E-state index contributed by atoms with van der Waals surface area (Å²) in [6, 6.07) is 11.1. The molecular weight excluding hydrogens is 408 g/mol. The number of anilines is 1. The average molecular weight is 431 g/mol. The van der Waals surface area contributed by atoms with Crippen molar-refractivity contribution in [2.45, 2.75) is 31.9 Å². The topological polar surface area (TPSA) is 92.1 Å². The number of benzene rings is 1. The minimum Gasteiger partial charge on any atom is -0.494 e. The van der Waals surface area contributed by atoms with Crippen LogP contribution in [0.3, 0.4) is 0 Å². The standard InChI is InChI=1S/C20H22N4O3S2/c1-3-10-27-15-8-6-14(7-9-15)21-19(26)17-12-18(25)22-20(29-17)24-23-13(2)16-5-4-11-28-16/h4-9,11,17H,3,10,12H2,1-2H3,(H,21,26)(H,22,24,25)/b23-13-/t17-/m1/s1. The van der Waals surface area contributed by atoms with Gasteiger partial charge in [0.05, 0.1) is 17.2 Å². The number of rotatable bonds is 7. The molecule has 0 radical (unpaired) electrons. The smallest absolute Gasteiger partial charge is 0.238 e. The lowest BCUT2D eigenvalue weighted by atomic mass is 10.2. The van der Waals surface area contributed by atoms with Gasteiger partial charge in [0, 0.05) is 12.1 Å². The maximum absolute atomic E-state index is 12.6. The second kappa shape index (κ2) is 10.2. The first-order chi connectivity index (χ1) is 14.0. The van der Waals surface area contributed by atoms with Gasteiger partial charge in [0.15, 0.2) is 5.17 Å². The maximum atomic E-state index is 12.6. The van der Waals surface area contributed by atoms with Gasteiger partial charge >= 0.3 is 0 Å². The van der Waals surface area contributed by atoms with Crippen molar-refractivity contribution >= 4 is 51.5 Å². The molecule has 0 saturated carbocycles. The largest absolute Gasteiger partial charge is 0.494 e. The maximum Gasteiger partial charge on any atom is 0.238 e. The monoisotopic (exact) mass is 430 g/mol. The van der Waals surface area contributed by atoms with Gasteiger partial charge in [-0.15, -0.1) is 16.4 Å². The highest BCUT2D eigenvalue weighted by Gasteiger charge is 2.30. The zero-order valence-electron chi connectivity index (χ0n) is 16.2. The molecule has 2 N–H and O–H groups in total. The molecule has 1 aliphatic heterocycles. The van der Waals surface area contributed by atoms with Crippen molar-refractivity contribution in [3.8, 4) is 5.75 Å². The molecule has 0 aliphatic carbocycles. The second-order valence-corrected chi connectivity index (χ2v) is 8.43. The first-order valence-corrected chi connectivity index (χ1v) is 11.0. The Morgan fingerprint density at radius 2 is 2.10 bits per heavy atom. The summed E-state index contributed by atoms with van der Waals surface area (Å²) in [5, 5.41) is 15.5. The first-order valence-electron chi connectivity index (χ1n) is 9.21. The van der Waals surface area contributed by atoms with Crippen LogP contribution in [0.2, 0.25) is 0 Å². The first kappa shape index (κ1) is 21.1. The Morgan fingerprint density at radius 3 is 2.79 bits per heavy atom. The van der Waals surface area contributed by atoms with Crippen molar-refractivity contribution < 1.29 is 14.3 Å². The van der Waals surface area contributed by atoms with Crippen LogP contribution in [0, 0.1) is 0 Å². The van der Waals surface area contributed by atoms with Crippen LogP contribution < -0.4 is 15.4 Å². The summed E-state index contributed by atoms with van der Waals surface area (Å²) in [7, 11) is 0. The molecule has 9 heteroatoms. The molecule has 3 rings (SSSR count). The molecule has 1 fully saturated rings. The molecule has 1 aromatic heterocycles. The summed E-state index contributed by atoms with van der Waals surface area (Å²) >= 11 is 2.76. The lowest BCUT2D eigenvalue weighted by molar-refractivity contribution is -0.123. The van der Waals surface area contributed by atoms with Crippen molar-refractivity contribution in [3.63, 3.8) is 0 Å². The minimum atomic E-state index is -0.573. The van der Waals surface area contributed by atoms with Gasteiger partial charge in [-0.2, -0.15) is 5.10 Å². The van der Waals surface area contributed by atoms with Crippen LogP contribution in [0.5, 0.6) is 5.75 Å². The summed E-state index contributed by atoms with van der Waals surface area (Å²) in [6.07, 6.45) is 1.01. The highest BCUT2D eigenvalue weighted by atomic mass is 32.2. The number of carbonyl (C=O) groups excluding carboxylic acids is 2. The predicted molar refractivity (Wildman–Crippen MR) is 119 cm³/mol. The SMILES string of the molecule is CCCOc1ccc(NC(=O)[C@H]2CC(=O)N/C(=N/N=C(/C)c3cccs3)S2)cc1. The molecule has 2 aromatic rings. The third-order valence-electron chi connectivity index (χ3n) is 3.93. The van der Waals surface area contributed by atoms with Gasteiger partial charge in [0.25, 0.3) is 0 Å². The molecule has 7 nitrogen and oxygen atoms in total. The fourth-order valence-electron chi connectivity index (χ4n) is 2.47. The van der Waals surface area contributed by atoms with Gasteiger partial charge in [-0.05, 0) is 49.1 Å². The molecule has 0 spiro atoms. The van der Waals surface area contributed by atoms with Crippen molar-refractivity contribution in [3.05, 3.63) is 46.7 Å². The predicted octanol–water partition coefficient (Wildman–Crippen LogP) is 3.88. The summed E-state index contributed by atoms with van der Waals surface area (Å²) < 4.78 is 5.54. The van der Waals surface area contributed by atoms with Crippen molar-refractivity contribution in [2.75, 3.05) is 11.9 Å². The highest BCUT2D eigenvalue weighted by Crippen LogP contribution is 2.23. The van der Waals surface area contributed by atoms with Gasteiger partial charge in [-0.1, -0.05) is 24.8 Å². The summed E-state index contributed by atoms with van der Waals surface area (Å²) in [6.45, 7) is 4.54. The van der Waals surface area contributed by atoms with Crippen molar-refractivity contribution in [2.24, 2.45) is 10.2 Å². The van der Waals surface area contributed by atoms with E-state index in [9.17, 15) is 9.59 Å². The third kappa shape index (κ3) is 6.16. The molecule has 29 heavy (non-hydrogen) atoms. The van der Waals surface area contributed by atoms with E-state index >= 15 is 0 Å². The Labute approximate surface area is 177 Å². The number of nitrogens with zero attached hydrogens (tertiary/aromatic N) is 2. The molecule has 1 saturated heterocycles. The summed E-state index contributed by atoms with van der Waals surface area (Å²) in [5.74, 6) is 0.248. The second-order valence-electron chi connectivity index (χ2n) is 6.29. The fraction of sp³-hybridized carbons (Fsp3) is 0.300. The van der Waals surface area contributed by atoms with Crippen molar-refractivity contribution in [1.82, 2.24) is 5.32 Å². The summed E-state index contributed by atoms with van der Waals surface area (Å²) in [4.78, 5) is 25.6. The van der Waals surface area contributed by atoms with Crippen LogP contribution in [0.15, 0.2) is 52.0 Å². The highest BCUT2D eigenvalue weighted by molar-refractivity contribution is 8.15. The fourth-order valence-corrected chi connectivity index (χ4v) is 4.07. The van der Waals surface area contributed by atoms with Gasteiger partial charge in [-0.3, -0.25) is 9.59 Å². The number of hydrogen-bond acceptors (Lipinski definition) is 7. The average Bonchev–Trinajstić information content (AvgIpc) is 3.26. The van der Waals surface area contributed by atoms with Crippen LogP contribution in [0.4, 0.5) is 5.69 Å². The zero-order chi connectivity index (χ0) is 20.6. The van der Waals surface area contributed by atoms with E-state index in [1.165, 1.54) is 11.8 Å². The van der Waals surface area contributed by atoms with Crippen molar-refractivity contribution in [1.29, 1.82) is 0 Å². The number of ether oxygens (including phenoxy) is 1. The van der Waals surface area contributed by atoms with Crippen LogP contribution in [0.25, 0.3) is 0 Å². The van der Waals surface area contributed by atoms with E-state index in [1.54, 1.807) is 35.6 Å². The molecule has 152 valence electrons. The van der Waals surface area contributed by atoms with Crippen LogP contribution in [0.1, 0.15) is 31.6 Å². The number of carbonyl (C=O) groups is 2. The lowest BCUT2D eigenvalue weighted by Crippen LogP contribution is -2.41. The van der Waals surface area contributed by atoms with Crippen LogP contribution in [-0.2, 0) is 9.59 Å². The Kier molecular flexibility index (Phi) is 7.42. The van der Waals surface area contributed by atoms with E-state index in [4.69, 9.17) is 4.74 Å². The Balaban J connectivity index is 1.62. The Hall–Kier alpha value is -2.65. The number of hydrogen-bond donors (Lipinski definition) is 2. The van der Waals surface area contributed by atoms with E-state index in [2.05, 4.69) is 20.8 Å². The van der Waals surface area contributed by atoms with E-state index in [0.717, 1.165) is 22.8 Å². The number of thioether (sulfide) groups is 1. The van der Waals surface area contributed by atoms with Crippen LogP contribution >= 0.6 is 23.1 Å². The van der Waals surface area contributed by atoms with Gasteiger partial charge in [0.1, 0.15) is 11.0 Å². The number of thiophene rings is 1. The third-order valence-corrected chi connectivity index (χ3v) is 5.98. The molecule has 0 bridgehead atoms. The molecule has 1 aliphatic rings. The quantitative estimate of drug-likeness (QED) is 0.515. The molecule has 1 atom stereocenters. The van der Waals surface area contributed by atoms with E-state index in [-0.39, 0.29) is 18.2 Å². The lowest BCUT2D eigenvalue weighted by Gasteiger charge is -2.21. The van der Waals surface area contributed by atoms with Gasteiger partial charge < -0.3 is 15.4 Å². The Morgan fingerprint density at radius 1 is 1.31 bits per heavy atom. The summed E-state index contributed by atoms with van der Waals surface area (Å²) in [5.41, 5.74) is 1.40. The molecule has 2 heterocycles. The minimum absolute atomic E-state index is 0.0842. The number of amides is 2. The van der Waals surface area contributed by atoms with Gasteiger partial charge in [0.2, 0.25) is 11.8 Å². The van der Waals surface area contributed by atoms with E-state index in [0.29, 0.717) is 17.5 Å². The number of nitrogens with one attached hydrogen (secondary N) is 2. The molecule has 0 unspecified atom stereocenters. The zero-order valence-corrected chi connectivity index (χ0v) is 17.8. The van der Waals surface area contributed by atoms with E-state index < -0.39 is 5.25 Å². The molecular formula is C20H22N4O3S2.